The van der Waals surface area contributed by atoms with Crippen molar-refractivity contribution >= 4 is 23.4 Å². The molecular weight excluding hydrogens is 500 g/mol. The summed E-state index contributed by atoms with van der Waals surface area (Å²) in [4.78, 5) is 35.1. The standard InChI is InChI=1S/C22H20F4N8O3/c1-10(13-5-11(23)7-31-19(13)26)37-22(36)33-20(34(2)28)18(27)16-4-3-12(8-29-16)32-21(35)14-9-30-17(25)6-15(14)24/h3-10H,27-28H2,1-2H3,(H,32,35)(H,33,36)/b20-18-/t10-/m1/s1. The van der Waals surface area contributed by atoms with Crippen LogP contribution >= 0.6 is 0 Å². The molecule has 15 heteroatoms. The molecule has 0 aliphatic heterocycles. The quantitative estimate of drug-likeness (QED) is 0.159. The van der Waals surface area contributed by atoms with Crippen molar-refractivity contribution in [3.63, 3.8) is 0 Å². The summed E-state index contributed by atoms with van der Waals surface area (Å²) < 4.78 is 59.0. The Morgan fingerprint density at radius 1 is 1.05 bits per heavy atom. The van der Waals surface area contributed by atoms with Crippen LogP contribution in [0.25, 0.3) is 5.70 Å². The van der Waals surface area contributed by atoms with Gasteiger partial charge in [-0.15, -0.1) is 0 Å². The molecule has 0 fully saturated rings. The van der Waals surface area contributed by atoms with Crippen LogP contribution in [0.1, 0.15) is 34.6 Å². The van der Waals surface area contributed by atoms with Gasteiger partial charge in [0.2, 0.25) is 11.9 Å². The number of nitrogens with one attached hydrogen (secondary N) is 2. The fourth-order valence-electron chi connectivity index (χ4n) is 2.94. The summed E-state index contributed by atoms with van der Waals surface area (Å²) in [6.07, 6.45) is 0.305. The van der Waals surface area contributed by atoms with Gasteiger partial charge in [0.15, 0.2) is 5.82 Å². The van der Waals surface area contributed by atoms with Crippen molar-refractivity contribution in [2.24, 2.45) is 11.6 Å². The van der Waals surface area contributed by atoms with Gasteiger partial charge in [0.25, 0.3) is 5.91 Å². The second kappa shape index (κ2) is 11.3. The van der Waals surface area contributed by atoms with Gasteiger partial charge in [0.05, 0.1) is 34.9 Å². The number of rotatable bonds is 7. The summed E-state index contributed by atoms with van der Waals surface area (Å²) in [6.45, 7) is 1.31. The molecule has 37 heavy (non-hydrogen) atoms. The predicted molar refractivity (Wildman–Crippen MR) is 122 cm³/mol. The zero-order valence-corrected chi connectivity index (χ0v) is 19.3. The van der Waals surface area contributed by atoms with E-state index in [0.29, 0.717) is 12.3 Å². The molecule has 0 aliphatic rings. The molecule has 2 amide bonds. The average Bonchev–Trinajstić information content (AvgIpc) is 2.83. The van der Waals surface area contributed by atoms with Crippen LogP contribution in [0, 0.1) is 23.5 Å². The minimum atomic E-state index is -1.21. The van der Waals surface area contributed by atoms with Crippen molar-refractivity contribution in [1.82, 2.24) is 25.3 Å². The number of halogens is 4. The number of hydrogen-bond donors (Lipinski definition) is 4. The molecular formula is C22H20F4N8O3. The van der Waals surface area contributed by atoms with E-state index >= 15 is 0 Å². The summed E-state index contributed by atoms with van der Waals surface area (Å²) in [5, 5.41) is 5.62. The number of alkyl carbamates (subject to hydrolysis) is 1. The third kappa shape index (κ3) is 6.66. The van der Waals surface area contributed by atoms with Crippen molar-refractivity contribution in [2.75, 3.05) is 12.4 Å². The lowest BCUT2D eigenvalue weighted by atomic mass is 10.2. The largest absolute Gasteiger partial charge is 0.441 e. The third-order valence-corrected chi connectivity index (χ3v) is 4.74. The van der Waals surface area contributed by atoms with Crippen molar-refractivity contribution in [2.45, 2.75) is 13.0 Å². The fraction of sp³-hybridized carbons (Fsp3) is 0.136. The average molecular weight is 520 g/mol. The lowest BCUT2D eigenvalue weighted by molar-refractivity contribution is 0.102. The van der Waals surface area contributed by atoms with Gasteiger partial charge in [-0.1, -0.05) is 0 Å². The van der Waals surface area contributed by atoms with Gasteiger partial charge in [-0.2, -0.15) is 8.78 Å². The number of hydrogen-bond acceptors (Lipinski definition) is 9. The van der Waals surface area contributed by atoms with Gasteiger partial charge in [-0.05, 0) is 25.1 Å². The predicted octanol–water partition coefficient (Wildman–Crippen LogP) is 2.56. The minimum Gasteiger partial charge on any atom is -0.441 e. The first-order valence-corrected chi connectivity index (χ1v) is 10.3. The van der Waals surface area contributed by atoms with E-state index in [9.17, 15) is 27.2 Å². The maximum absolute atomic E-state index is 13.8. The molecule has 11 nitrogen and oxygen atoms in total. The zero-order valence-electron chi connectivity index (χ0n) is 19.3. The Morgan fingerprint density at radius 2 is 1.78 bits per heavy atom. The van der Waals surface area contributed by atoms with Gasteiger partial charge >= 0.3 is 6.09 Å². The molecule has 3 aromatic rings. The van der Waals surface area contributed by atoms with Crippen LogP contribution in [0.2, 0.25) is 0 Å². The first-order chi connectivity index (χ1) is 17.5. The van der Waals surface area contributed by atoms with E-state index in [1.165, 1.54) is 32.3 Å². The van der Waals surface area contributed by atoms with Gasteiger partial charge in [0.1, 0.15) is 23.4 Å². The number of nitrogens with two attached hydrogens (primary N) is 2. The van der Waals surface area contributed by atoms with Gasteiger partial charge in [0, 0.05) is 19.3 Å². The van der Waals surface area contributed by atoms with Crippen LogP contribution in [-0.2, 0) is 4.74 Å². The third-order valence-electron chi connectivity index (χ3n) is 4.74. The summed E-state index contributed by atoms with van der Waals surface area (Å²) in [7, 11) is 1.35. The van der Waals surface area contributed by atoms with Crippen molar-refractivity contribution in [1.29, 1.82) is 0 Å². The number of amides is 2. The Bertz CT molecular complexity index is 1350. The molecule has 0 aromatic carbocycles. The molecule has 0 unspecified atom stereocenters. The minimum absolute atomic E-state index is 0.105. The second-order valence-electron chi connectivity index (χ2n) is 7.45. The number of carbonyl (C=O) groups excluding carboxylic acids is 2. The van der Waals surface area contributed by atoms with E-state index in [-0.39, 0.29) is 28.5 Å². The Morgan fingerprint density at radius 3 is 2.41 bits per heavy atom. The Labute approximate surface area is 207 Å². The highest BCUT2D eigenvalue weighted by molar-refractivity contribution is 6.04. The molecule has 6 N–H and O–H groups in total. The summed E-state index contributed by atoms with van der Waals surface area (Å²) >= 11 is 0. The number of pyridine rings is 3. The smallest absolute Gasteiger partial charge is 0.413 e. The topological polar surface area (TPSA) is 161 Å². The molecule has 0 radical (unpaired) electrons. The monoisotopic (exact) mass is 520 g/mol. The highest BCUT2D eigenvalue weighted by Crippen LogP contribution is 2.21. The van der Waals surface area contributed by atoms with Crippen LogP contribution in [0.4, 0.5) is 28.0 Å². The number of nitrogens with zero attached hydrogens (tertiary/aromatic N) is 4. The normalized spacial score (nSPS) is 12.3. The SMILES string of the molecule is C[C@@H](OC(=O)N/C(=C(/N)c1ccc(NC(=O)c2cnc(F)cc2F)cn1)N(C)N)c1cc(F)cnc1F. The van der Waals surface area contributed by atoms with Crippen molar-refractivity contribution < 1.29 is 31.9 Å². The number of ether oxygens (including phenoxy) is 1. The van der Waals surface area contributed by atoms with Crippen molar-refractivity contribution in [3.05, 3.63) is 89.0 Å². The van der Waals surface area contributed by atoms with E-state index in [1.54, 1.807) is 0 Å². The molecule has 3 aromatic heterocycles. The maximum Gasteiger partial charge on any atom is 0.413 e. The number of hydrazine groups is 1. The Kier molecular flexibility index (Phi) is 8.19. The highest BCUT2D eigenvalue weighted by atomic mass is 19.1. The molecule has 0 spiro atoms. The fourth-order valence-corrected chi connectivity index (χ4v) is 2.94. The van der Waals surface area contributed by atoms with Crippen LogP contribution in [0.5, 0.6) is 0 Å². The molecule has 0 saturated heterocycles. The summed E-state index contributed by atoms with van der Waals surface area (Å²) in [5.41, 5.74) is 5.42. The van der Waals surface area contributed by atoms with Crippen LogP contribution in [0.15, 0.2) is 48.7 Å². The number of carbonyl (C=O) groups is 2. The molecule has 1 atom stereocenters. The van der Waals surface area contributed by atoms with Crippen molar-refractivity contribution in [3.8, 4) is 0 Å². The molecule has 3 heterocycles. The van der Waals surface area contributed by atoms with E-state index < -0.39 is 47.2 Å². The van der Waals surface area contributed by atoms with Gasteiger partial charge in [-0.25, -0.2) is 29.4 Å². The number of aromatic nitrogens is 3. The van der Waals surface area contributed by atoms with Gasteiger partial charge < -0.3 is 15.8 Å². The van der Waals surface area contributed by atoms with Crippen LogP contribution in [-0.4, -0.2) is 39.0 Å². The van der Waals surface area contributed by atoms with Gasteiger partial charge in [-0.3, -0.25) is 20.1 Å². The molecule has 0 aliphatic carbocycles. The Balaban J connectivity index is 1.73. The lowest BCUT2D eigenvalue weighted by Crippen LogP contribution is -2.39. The van der Waals surface area contributed by atoms with E-state index in [1.807, 2.05) is 0 Å². The van der Waals surface area contributed by atoms with E-state index in [2.05, 4.69) is 25.6 Å². The molecule has 3 rings (SSSR count). The van der Waals surface area contributed by atoms with Crippen LogP contribution in [0.3, 0.4) is 0 Å². The van der Waals surface area contributed by atoms with E-state index in [0.717, 1.165) is 17.3 Å². The molecule has 0 bridgehead atoms. The summed E-state index contributed by atoms with van der Waals surface area (Å²) in [5.74, 6) is 0.699. The zero-order chi connectivity index (χ0) is 27.3. The first-order valence-electron chi connectivity index (χ1n) is 10.3. The second-order valence-corrected chi connectivity index (χ2v) is 7.45. The first kappa shape index (κ1) is 26.8. The number of anilines is 1. The summed E-state index contributed by atoms with van der Waals surface area (Å²) in [6, 6.07) is 4.04. The van der Waals surface area contributed by atoms with E-state index in [4.69, 9.17) is 16.3 Å². The highest BCUT2D eigenvalue weighted by Gasteiger charge is 2.21. The lowest BCUT2D eigenvalue weighted by Gasteiger charge is -2.21. The molecule has 0 saturated carbocycles. The Hall–Kier alpha value is -4.79. The molecule has 194 valence electrons. The maximum atomic E-state index is 13.8. The van der Waals surface area contributed by atoms with Crippen LogP contribution < -0.4 is 22.2 Å².